The number of hydrogen-bond donors (Lipinski definition) is 3. The zero-order chi connectivity index (χ0) is 17.6. The summed E-state index contributed by atoms with van der Waals surface area (Å²) in [4.78, 5) is 11.0. The first kappa shape index (κ1) is 18.5. The number of rotatable bonds is 8. The number of carboxylic acid groups (broad SMARTS) is 1. The summed E-state index contributed by atoms with van der Waals surface area (Å²) in [6.45, 7) is 7.08. The van der Waals surface area contributed by atoms with Gasteiger partial charge in [0, 0.05) is 32.2 Å². The minimum atomic E-state index is -1.30. The van der Waals surface area contributed by atoms with Crippen LogP contribution in [0, 0.1) is 0 Å². The van der Waals surface area contributed by atoms with E-state index < -0.39 is 5.97 Å². The standard InChI is InChI=1S/C17H28N4O3/c1-24-12-11-21(9-6-20-7-10-21)8-2-3-13-4-5-14(17(22)23)16(19)15(13)18/h4-5,20H,2-3,6-12,18-19H2,1H3. The molecule has 1 fully saturated rings. The number of quaternary nitrogens is 1. The Labute approximate surface area is 143 Å². The highest BCUT2D eigenvalue weighted by Crippen LogP contribution is 2.25. The summed E-state index contributed by atoms with van der Waals surface area (Å²) >= 11 is 0. The number of piperazine rings is 1. The number of carbonyl (C=O) groups is 1. The van der Waals surface area contributed by atoms with Crippen LogP contribution in [0.25, 0.3) is 0 Å². The second kappa shape index (κ2) is 8.32. The van der Waals surface area contributed by atoms with Gasteiger partial charge in [-0.05, 0) is 12.0 Å². The molecule has 1 aromatic carbocycles. The van der Waals surface area contributed by atoms with Gasteiger partial charge in [-0.15, -0.1) is 0 Å². The maximum atomic E-state index is 11.0. The molecule has 1 heterocycles. The maximum absolute atomic E-state index is 11.0. The second-order valence-electron chi connectivity index (χ2n) is 6.47. The number of ether oxygens (including phenoxy) is 1. The molecule has 0 atom stereocenters. The van der Waals surface area contributed by atoms with Gasteiger partial charge in [-0.1, -0.05) is 12.1 Å². The van der Waals surface area contributed by atoms with Gasteiger partial charge >= 0.3 is 0 Å². The van der Waals surface area contributed by atoms with Crippen LogP contribution in [0.2, 0.25) is 0 Å². The third-order valence-corrected chi connectivity index (χ3v) is 4.97. The predicted molar refractivity (Wildman–Crippen MR) is 92.4 cm³/mol. The Bertz CT molecular complexity index is 571. The van der Waals surface area contributed by atoms with Crippen molar-refractivity contribution in [3.05, 3.63) is 23.3 Å². The van der Waals surface area contributed by atoms with Crippen molar-refractivity contribution in [2.75, 3.05) is 64.5 Å². The smallest absolute Gasteiger partial charge is 0.102 e. The molecule has 0 bridgehead atoms. The zero-order valence-corrected chi connectivity index (χ0v) is 14.3. The lowest BCUT2D eigenvalue weighted by molar-refractivity contribution is -0.930. The Balaban J connectivity index is 1.99. The van der Waals surface area contributed by atoms with Crippen molar-refractivity contribution in [1.29, 1.82) is 0 Å². The monoisotopic (exact) mass is 336 g/mol. The van der Waals surface area contributed by atoms with Gasteiger partial charge in [0.2, 0.25) is 0 Å². The fourth-order valence-corrected chi connectivity index (χ4v) is 3.40. The van der Waals surface area contributed by atoms with Crippen LogP contribution >= 0.6 is 0 Å². The van der Waals surface area contributed by atoms with Crippen molar-refractivity contribution in [3.63, 3.8) is 0 Å². The fourth-order valence-electron chi connectivity index (χ4n) is 3.40. The highest BCUT2D eigenvalue weighted by Gasteiger charge is 2.28. The number of benzene rings is 1. The van der Waals surface area contributed by atoms with Crippen molar-refractivity contribution < 1.29 is 19.1 Å². The Morgan fingerprint density at radius 1 is 1.25 bits per heavy atom. The molecule has 1 aromatic rings. The van der Waals surface area contributed by atoms with E-state index in [1.807, 2.05) is 0 Å². The summed E-state index contributed by atoms with van der Waals surface area (Å²) in [5, 5.41) is 14.4. The number of hydrogen-bond acceptors (Lipinski definition) is 6. The molecule has 24 heavy (non-hydrogen) atoms. The van der Waals surface area contributed by atoms with E-state index in [9.17, 15) is 9.90 Å². The van der Waals surface area contributed by atoms with Gasteiger partial charge in [0.05, 0.1) is 43.6 Å². The van der Waals surface area contributed by atoms with Crippen LogP contribution in [0.3, 0.4) is 0 Å². The van der Waals surface area contributed by atoms with Crippen LogP contribution in [0.4, 0.5) is 11.4 Å². The van der Waals surface area contributed by atoms with Gasteiger partial charge in [-0.2, -0.15) is 0 Å². The maximum Gasteiger partial charge on any atom is 0.102 e. The summed E-state index contributed by atoms with van der Waals surface area (Å²) in [6.07, 6.45) is 1.75. The third-order valence-electron chi connectivity index (χ3n) is 4.97. The Morgan fingerprint density at radius 3 is 2.58 bits per heavy atom. The van der Waals surface area contributed by atoms with E-state index in [0.717, 1.165) is 68.8 Å². The summed E-state index contributed by atoms with van der Waals surface area (Å²) in [5.41, 5.74) is 13.1. The summed E-state index contributed by atoms with van der Waals surface area (Å²) in [6, 6.07) is 3.23. The summed E-state index contributed by atoms with van der Waals surface area (Å²) < 4.78 is 6.32. The first-order chi connectivity index (χ1) is 11.5. The topological polar surface area (TPSA) is 113 Å². The quantitative estimate of drug-likeness (QED) is 0.424. The number of nitrogens with two attached hydrogens (primary N) is 2. The molecule has 1 saturated heterocycles. The minimum Gasteiger partial charge on any atom is -0.545 e. The average molecular weight is 336 g/mol. The van der Waals surface area contributed by atoms with Crippen molar-refractivity contribution in [3.8, 4) is 0 Å². The van der Waals surface area contributed by atoms with Crippen LogP contribution in [0.15, 0.2) is 12.1 Å². The molecule has 1 aliphatic heterocycles. The second-order valence-corrected chi connectivity index (χ2v) is 6.47. The molecule has 0 aliphatic carbocycles. The number of nitrogens with one attached hydrogen (secondary N) is 1. The first-order valence-corrected chi connectivity index (χ1v) is 8.42. The molecule has 134 valence electrons. The van der Waals surface area contributed by atoms with E-state index in [1.54, 1.807) is 13.2 Å². The molecule has 2 rings (SSSR count). The van der Waals surface area contributed by atoms with E-state index in [-0.39, 0.29) is 11.3 Å². The number of nitrogen functional groups attached to an aromatic ring is 2. The van der Waals surface area contributed by atoms with Crippen LogP contribution in [-0.2, 0) is 11.2 Å². The van der Waals surface area contributed by atoms with Crippen molar-refractivity contribution in [2.24, 2.45) is 0 Å². The molecule has 0 amide bonds. The van der Waals surface area contributed by atoms with E-state index in [0.29, 0.717) is 5.69 Å². The van der Waals surface area contributed by atoms with Crippen molar-refractivity contribution in [1.82, 2.24) is 5.32 Å². The molecular formula is C17H28N4O3. The van der Waals surface area contributed by atoms with Crippen LogP contribution in [0.1, 0.15) is 22.3 Å². The number of aryl methyl sites for hydroxylation is 1. The number of aromatic carboxylic acids is 1. The first-order valence-electron chi connectivity index (χ1n) is 8.42. The van der Waals surface area contributed by atoms with Gasteiger partial charge in [0.15, 0.2) is 0 Å². The molecule has 0 unspecified atom stereocenters. The molecule has 1 aliphatic rings. The van der Waals surface area contributed by atoms with E-state index in [4.69, 9.17) is 16.2 Å². The molecule has 7 heteroatoms. The van der Waals surface area contributed by atoms with Crippen molar-refractivity contribution >= 4 is 17.3 Å². The van der Waals surface area contributed by atoms with E-state index >= 15 is 0 Å². The van der Waals surface area contributed by atoms with Crippen LogP contribution < -0.4 is 21.9 Å². The number of anilines is 2. The molecule has 5 N–H and O–H groups in total. The Morgan fingerprint density at radius 2 is 1.96 bits per heavy atom. The summed E-state index contributed by atoms with van der Waals surface area (Å²) in [5.74, 6) is -1.30. The van der Waals surface area contributed by atoms with E-state index in [2.05, 4.69) is 5.32 Å². The lowest BCUT2D eigenvalue weighted by Gasteiger charge is -2.41. The highest BCUT2D eigenvalue weighted by atomic mass is 16.5. The van der Waals surface area contributed by atoms with Gasteiger partial charge in [0.1, 0.15) is 6.54 Å². The molecule has 0 saturated carbocycles. The lowest BCUT2D eigenvalue weighted by atomic mass is 10.0. The summed E-state index contributed by atoms with van der Waals surface area (Å²) in [7, 11) is 1.74. The predicted octanol–water partition coefficient (Wildman–Crippen LogP) is -0.786. The number of carboxylic acids is 1. The number of nitrogens with zero attached hydrogens (tertiary/aromatic N) is 1. The minimum absolute atomic E-state index is 0.0399. The average Bonchev–Trinajstić information content (AvgIpc) is 2.57. The zero-order valence-electron chi connectivity index (χ0n) is 14.3. The van der Waals surface area contributed by atoms with Crippen molar-refractivity contribution in [2.45, 2.75) is 12.8 Å². The van der Waals surface area contributed by atoms with Gasteiger partial charge < -0.3 is 35.9 Å². The normalized spacial score (nSPS) is 16.9. The largest absolute Gasteiger partial charge is 0.545 e. The van der Waals surface area contributed by atoms with E-state index in [1.165, 1.54) is 6.07 Å². The van der Waals surface area contributed by atoms with Crippen LogP contribution in [-0.4, -0.2) is 63.4 Å². The molecule has 0 aromatic heterocycles. The lowest BCUT2D eigenvalue weighted by Crippen LogP contribution is -2.60. The molecule has 7 nitrogen and oxygen atoms in total. The fraction of sp³-hybridized carbons (Fsp3) is 0.588. The SMILES string of the molecule is COCC[N+]1(CCCc2ccc(C(=O)[O-])c(N)c2N)CCNCC1. The molecule has 0 spiro atoms. The molecule has 0 radical (unpaired) electrons. The number of carbonyl (C=O) groups excluding carboxylic acids is 1. The Kier molecular flexibility index (Phi) is 6.42. The third kappa shape index (κ3) is 4.37. The van der Waals surface area contributed by atoms with Gasteiger partial charge in [0.25, 0.3) is 0 Å². The highest BCUT2D eigenvalue weighted by molar-refractivity contribution is 5.96. The number of methoxy groups -OCH3 is 1. The van der Waals surface area contributed by atoms with Gasteiger partial charge in [-0.25, -0.2) is 0 Å². The van der Waals surface area contributed by atoms with Gasteiger partial charge in [-0.3, -0.25) is 0 Å². The van der Waals surface area contributed by atoms with Crippen LogP contribution in [0.5, 0.6) is 0 Å². The molecular weight excluding hydrogens is 308 g/mol. The Hall–Kier alpha value is -1.83.